The minimum Gasteiger partial charge on any atom is -0.368 e. The molecule has 0 radical (unpaired) electrons. The lowest BCUT2D eigenvalue weighted by molar-refractivity contribution is -0.0444. The monoisotopic (exact) mass is 366 g/mol. The third-order valence-electron chi connectivity index (χ3n) is 3.43. The van der Waals surface area contributed by atoms with Crippen LogP contribution in [-0.2, 0) is 26.0 Å². The van der Waals surface area contributed by atoms with Crippen LogP contribution in [0, 0.1) is 0 Å². The van der Waals surface area contributed by atoms with E-state index in [4.69, 9.17) is 9.47 Å². The van der Waals surface area contributed by atoms with Gasteiger partial charge in [-0.1, -0.05) is 18.2 Å². The summed E-state index contributed by atoms with van der Waals surface area (Å²) >= 11 is 0. The average Bonchev–Trinajstić information content (AvgIpc) is 3.37. The number of halogens is 3. The van der Waals surface area contributed by atoms with Crippen molar-refractivity contribution in [2.24, 2.45) is 0 Å². The van der Waals surface area contributed by atoms with Gasteiger partial charge in [0, 0.05) is 6.54 Å². The SMILES string of the molecule is O=C(NCc1cc(C2CO2)cc(C2CO2)c1)NS(=O)(=O)C(F)(F)F. The number of amides is 2. The lowest BCUT2D eigenvalue weighted by Crippen LogP contribution is -2.45. The van der Waals surface area contributed by atoms with Crippen molar-refractivity contribution in [3.63, 3.8) is 0 Å². The molecule has 0 saturated carbocycles. The van der Waals surface area contributed by atoms with Gasteiger partial charge in [0.15, 0.2) is 0 Å². The molecule has 3 rings (SSSR count). The third kappa shape index (κ3) is 3.97. The highest BCUT2D eigenvalue weighted by Gasteiger charge is 2.47. The summed E-state index contributed by atoms with van der Waals surface area (Å²) in [6.45, 7) is 1.01. The van der Waals surface area contributed by atoms with Crippen molar-refractivity contribution in [1.29, 1.82) is 0 Å². The Kier molecular flexibility index (Phi) is 4.18. The number of carbonyl (C=O) groups excluding carboxylic acids is 1. The molecule has 2 aliphatic heterocycles. The Morgan fingerprint density at radius 2 is 1.62 bits per heavy atom. The summed E-state index contributed by atoms with van der Waals surface area (Å²) in [5.74, 6) is 0. The number of rotatable bonds is 5. The molecular formula is C13H13F3N2O5S. The number of hydrogen-bond donors (Lipinski definition) is 2. The Bertz CT molecular complexity index is 727. The van der Waals surface area contributed by atoms with Crippen LogP contribution in [0.2, 0.25) is 0 Å². The molecule has 2 N–H and O–H groups in total. The zero-order valence-corrected chi connectivity index (χ0v) is 12.9. The maximum atomic E-state index is 12.2. The molecule has 2 fully saturated rings. The molecule has 2 aliphatic rings. The first kappa shape index (κ1) is 17.0. The standard InChI is InChI=1S/C13H13F3N2O5S/c14-13(15,16)24(20,21)18-12(19)17-4-7-1-8(10-5-22-10)3-9(2-7)11-6-23-11/h1-3,10-11H,4-6H2,(H2,17,18,19). The van der Waals surface area contributed by atoms with Crippen LogP contribution in [0.4, 0.5) is 18.0 Å². The van der Waals surface area contributed by atoms with E-state index in [1.54, 1.807) is 12.1 Å². The van der Waals surface area contributed by atoms with E-state index in [0.717, 1.165) is 15.8 Å². The lowest BCUT2D eigenvalue weighted by Gasteiger charge is -2.11. The first-order valence-electron chi connectivity index (χ1n) is 6.89. The molecule has 1 aromatic carbocycles. The summed E-state index contributed by atoms with van der Waals surface area (Å²) in [5, 5.41) is 2.09. The Balaban J connectivity index is 1.65. The normalized spacial score (nSPS) is 22.8. The second-order valence-electron chi connectivity index (χ2n) is 5.39. The van der Waals surface area contributed by atoms with E-state index >= 15 is 0 Å². The maximum Gasteiger partial charge on any atom is 0.516 e. The predicted octanol–water partition coefficient (Wildman–Crippen LogP) is 1.48. The number of benzene rings is 1. The maximum absolute atomic E-state index is 12.2. The Labute approximate surface area is 135 Å². The Morgan fingerprint density at radius 3 is 2.04 bits per heavy atom. The number of urea groups is 1. The number of hydrogen-bond acceptors (Lipinski definition) is 5. The quantitative estimate of drug-likeness (QED) is 0.769. The van der Waals surface area contributed by atoms with Crippen LogP contribution in [0.5, 0.6) is 0 Å². The number of alkyl halides is 3. The minimum absolute atomic E-state index is 0.0399. The number of sulfonamides is 1. The fraction of sp³-hybridized carbons (Fsp3) is 0.462. The van der Waals surface area contributed by atoms with Crippen molar-refractivity contribution in [2.45, 2.75) is 24.3 Å². The van der Waals surface area contributed by atoms with Gasteiger partial charge in [-0.15, -0.1) is 0 Å². The first-order valence-corrected chi connectivity index (χ1v) is 8.38. The van der Waals surface area contributed by atoms with Gasteiger partial charge in [0.2, 0.25) is 0 Å². The molecule has 0 bridgehead atoms. The predicted molar refractivity (Wildman–Crippen MR) is 74.2 cm³/mol. The van der Waals surface area contributed by atoms with Gasteiger partial charge in [0.25, 0.3) is 0 Å². The molecule has 2 atom stereocenters. The van der Waals surface area contributed by atoms with Gasteiger partial charge in [0.1, 0.15) is 12.2 Å². The molecule has 2 saturated heterocycles. The number of nitrogens with one attached hydrogen (secondary N) is 2. The smallest absolute Gasteiger partial charge is 0.368 e. The van der Waals surface area contributed by atoms with Crippen LogP contribution in [0.3, 0.4) is 0 Å². The Hall–Kier alpha value is -1.85. The zero-order valence-electron chi connectivity index (χ0n) is 12.1. The van der Waals surface area contributed by atoms with Gasteiger partial charge in [0.05, 0.1) is 13.2 Å². The Morgan fingerprint density at radius 1 is 1.12 bits per heavy atom. The fourth-order valence-corrected chi connectivity index (χ4v) is 2.53. The molecule has 0 aromatic heterocycles. The highest BCUT2D eigenvalue weighted by atomic mass is 32.2. The van der Waals surface area contributed by atoms with E-state index in [-0.39, 0.29) is 18.8 Å². The van der Waals surface area contributed by atoms with Crippen molar-refractivity contribution in [3.05, 3.63) is 34.9 Å². The highest BCUT2D eigenvalue weighted by molar-refractivity contribution is 7.90. The number of epoxide rings is 2. The van der Waals surface area contributed by atoms with Crippen LogP contribution < -0.4 is 10.0 Å². The van der Waals surface area contributed by atoms with Crippen LogP contribution in [0.25, 0.3) is 0 Å². The van der Waals surface area contributed by atoms with Crippen molar-refractivity contribution >= 4 is 16.1 Å². The third-order valence-corrected chi connectivity index (χ3v) is 4.50. The largest absolute Gasteiger partial charge is 0.516 e. The number of ether oxygens (including phenoxy) is 2. The van der Waals surface area contributed by atoms with Gasteiger partial charge in [-0.05, 0) is 16.7 Å². The van der Waals surface area contributed by atoms with Gasteiger partial charge >= 0.3 is 21.6 Å². The van der Waals surface area contributed by atoms with Crippen LogP contribution in [-0.4, -0.2) is 33.2 Å². The van der Waals surface area contributed by atoms with Gasteiger partial charge in [-0.3, -0.25) is 0 Å². The molecule has 0 aliphatic carbocycles. The highest BCUT2D eigenvalue weighted by Crippen LogP contribution is 2.36. The van der Waals surface area contributed by atoms with Crippen LogP contribution >= 0.6 is 0 Å². The summed E-state index contributed by atoms with van der Waals surface area (Å²) in [4.78, 5) is 11.4. The zero-order chi connectivity index (χ0) is 17.5. The molecule has 2 amide bonds. The fourth-order valence-electron chi connectivity index (χ4n) is 2.10. The topological polar surface area (TPSA) is 100 Å². The van der Waals surface area contributed by atoms with E-state index in [9.17, 15) is 26.4 Å². The van der Waals surface area contributed by atoms with E-state index in [2.05, 4.69) is 5.32 Å². The summed E-state index contributed by atoms with van der Waals surface area (Å²) in [5.41, 5.74) is -3.19. The van der Waals surface area contributed by atoms with Crippen molar-refractivity contribution < 1.29 is 35.9 Å². The molecule has 2 heterocycles. The minimum atomic E-state index is -5.73. The lowest BCUT2D eigenvalue weighted by atomic mass is 10.0. The van der Waals surface area contributed by atoms with E-state index in [1.165, 1.54) is 0 Å². The molecule has 0 spiro atoms. The van der Waals surface area contributed by atoms with Crippen molar-refractivity contribution in [2.75, 3.05) is 13.2 Å². The van der Waals surface area contributed by atoms with Crippen molar-refractivity contribution in [1.82, 2.24) is 10.0 Å². The second kappa shape index (κ2) is 5.90. The van der Waals surface area contributed by atoms with Crippen LogP contribution in [0.15, 0.2) is 18.2 Å². The average molecular weight is 366 g/mol. The molecule has 1 aromatic rings. The van der Waals surface area contributed by atoms with Gasteiger partial charge in [-0.2, -0.15) is 21.6 Å². The second-order valence-corrected chi connectivity index (χ2v) is 7.06. The molecule has 11 heteroatoms. The summed E-state index contributed by atoms with van der Waals surface area (Å²) in [6, 6.07) is 3.93. The van der Waals surface area contributed by atoms with Crippen molar-refractivity contribution in [3.8, 4) is 0 Å². The molecule has 132 valence electrons. The first-order chi connectivity index (χ1) is 11.2. The molecular weight excluding hydrogens is 353 g/mol. The van der Waals surface area contributed by atoms with E-state index < -0.39 is 21.6 Å². The number of carbonyl (C=O) groups is 1. The molecule has 2 unspecified atom stereocenters. The van der Waals surface area contributed by atoms with E-state index in [1.807, 2.05) is 6.07 Å². The van der Waals surface area contributed by atoms with Gasteiger partial charge < -0.3 is 14.8 Å². The van der Waals surface area contributed by atoms with Crippen LogP contribution in [0.1, 0.15) is 28.9 Å². The van der Waals surface area contributed by atoms with E-state index in [0.29, 0.717) is 18.8 Å². The van der Waals surface area contributed by atoms with Gasteiger partial charge in [-0.25, -0.2) is 9.52 Å². The summed E-state index contributed by atoms with van der Waals surface area (Å²) < 4.78 is 69.6. The molecule has 24 heavy (non-hydrogen) atoms. The summed E-state index contributed by atoms with van der Waals surface area (Å²) in [6.07, 6.45) is -0.0798. The molecule has 7 nitrogen and oxygen atoms in total. The summed E-state index contributed by atoms with van der Waals surface area (Å²) in [7, 11) is -5.73.